The summed E-state index contributed by atoms with van der Waals surface area (Å²) in [6, 6.07) is 12.4. The number of likely N-dealkylation sites (N-methyl/N-ethyl adjacent to an activating group) is 3. The fourth-order valence-corrected chi connectivity index (χ4v) is 10.3. The second-order valence-electron chi connectivity index (χ2n) is 22.1. The SMILES string of the molecule is COC(=O)c1c(C)[nH]c2c(OC(=O)N(C)CCN(C)C(=O)OCc3ccc(NC(=O)C(CCCNC(N)=O)NC(=O)[C@@H](NCCNC(=O)CCCN4C(=O)C=CC4=O)C(C)C)cc3)cc3c(c12)[C@H](CCl)CN3C(=O)c1cc2cc(OCCN(C)C)ccc2o1. The number of urea groups is 1. The number of rotatable bonds is 30. The number of nitrogens with zero attached hydrogens (tertiary/aromatic N) is 5. The normalized spacial score (nSPS) is 14.2. The van der Waals surface area contributed by atoms with E-state index >= 15 is 0 Å². The van der Waals surface area contributed by atoms with Gasteiger partial charge in [0.25, 0.3) is 17.7 Å². The number of nitrogens with two attached hydrogens (primary N) is 1. The first kappa shape index (κ1) is 67.3. The van der Waals surface area contributed by atoms with E-state index in [0.29, 0.717) is 69.0 Å². The molecule has 7 rings (SSSR count). The standard InChI is InChI=1S/C61H77ClN12O15/c1-35(2)53(65-23-22-64-47(75)12-10-24-73-48(76)19-20-49(73)77)56(79)69-42(11-9-21-66-59(63)82)55(78)68-40-15-13-37(14-16-40)34-87-60(83)71(6)25-26-72(7)61(84)89-45-31-43-51(52-50(58(81)85-8)36(3)67-54(45)52)39(32-62)33-74(43)57(80)46-30-38-29-41(17-18-44(38)88-46)86-28-27-70(4)5/h13-20,29-31,35,39,42,53,65,67H,9-12,21-28,32-34H2,1-8H3,(H,64,75)(H,68,78)(H,69,79)(H3,63,66,82)/t39-,42?,53+/m1/s1. The van der Waals surface area contributed by atoms with Crippen molar-refractivity contribution < 1.29 is 71.3 Å². The summed E-state index contributed by atoms with van der Waals surface area (Å²) < 4.78 is 28.7. The van der Waals surface area contributed by atoms with Crippen LogP contribution in [0.15, 0.2) is 71.2 Å². The third-order valence-corrected chi connectivity index (χ3v) is 15.3. The largest absolute Gasteiger partial charge is 0.492 e. The minimum Gasteiger partial charge on any atom is -0.492 e. The van der Waals surface area contributed by atoms with Crippen LogP contribution < -0.4 is 46.7 Å². The number of ether oxygens (including phenoxy) is 4. The van der Waals surface area contributed by atoms with Crippen LogP contribution in [0.5, 0.6) is 11.5 Å². The molecular formula is C61H77ClN12O15. The number of aromatic nitrogens is 1. The van der Waals surface area contributed by atoms with Crippen molar-refractivity contribution in [3.8, 4) is 11.5 Å². The lowest BCUT2D eigenvalue weighted by atomic mass is 9.95. The number of aromatic amines is 1. The van der Waals surface area contributed by atoms with Gasteiger partial charge in [0, 0.05) is 125 Å². The van der Waals surface area contributed by atoms with Gasteiger partial charge in [0.05, 0.1) is 29.9 Å². The first-order valence-electron chi connectivity index (χ1n) is 29.0. The summed E-state index contributed by atoms with van der Waals surface area (Å²) in [7, 11) is 8.12. The maximum absolute atomic E-state index is 14.5. The third kappa shape index (κ3) is 17.5. The smallest absolute Gasteiger partial charge is 0.415 e. The highest BCUT2D eigenvalue weighted by atomic mass is 35.5. The highest BCUT2D eigenvalue weighted by molar-refractivity contribution is 6.20. The van der Waals surface area contributed by atoms with E-state index in [2.05, 4.69) is 31.6 Å². The van der Waals surface area contributed by atoms with Crippen molar-refractivity contribution in [1.82, 2.24) is 45.9 Å². The Bertz CT molecular complexity index is 3460. The number of alkyl halides is 1. The van der Waals surface area contributed by atoms with E-state index in [1.807, 2.05) is 32.8 Å². The molecule has 8 N–H and O–H groups in total. The van der Waals surface area contributed by atoms with E-state index in [0.717, 1.165) is 4.90 Å². The molecule has 0 bridgehead atoms. The quantitative estimate of drug-likeness (QED) is 0.0139. The number of methoxy groups -OCH3 is 1. The Balaban J connectivity index is 0.923. The molecule has 3 aromatic carbocycles. The summed E-state index contributed by atoms with van der Waals surface area (Å²) in [6.45, 7) is 7.10. The average molecular weight is 1250 g/mol. The number of primary amides is 1. The number of anilines is 2. The van der Waals surface area contributed by atoms with Crippen LogP contribution in [0.2, 0.25) is 0 Å². The fourth-order valence-electron chi connectivity index (χ4n) is 10.0. The second kappa shape index (κ2) is 31.1. The number of H-pyrrole nitrogens is 1. The van der Waals surface area contributed by atoms with E-state index in [-0.39, 0.29) is 113 Å². The molecular weight excluding hydrogens is 1180 g/mol. The van der Waals surface area contributed by atoms with Gasteiger partial charge in [-0.05, 0) is 93.7 Å². The lowest BCUT2D eigenvalue weighted by Gasteiger charge is -2.25. The minimum absolute atomic E-state index is 0.00815. The van der Waals surface area contributed by atoms with Crippen LogP contribution in [0.3, 0.4) is 0 Å². The zero-order valence-electron chi connectivity index (χ0n) is 51.1. The highest BCUT2D eigenvalue weighted by Gasteiger charge is 2.39. The van der Waals surface area contributed by atoms with Gasteiger partial charge in [-0.1, -0.05) is 26.0 Å². The fraction of sp³-hybridized carbons (Fsp3) is 0.443. The minimum atomic E-state index is -1.04. The van der Waals surface area contributed by atoms with Gasteiger partial charge in [-0.15, -0.1) is 11.6 Å². The number of esters is 1. The van der Waals surface area contributed by atoms with E-state index in [1.54, 1.807) is 61.5 Å². The maximum Gasteiger partial charge on any atom is 0.415 e. The Morgan fingerprint density at radius 3 is 2.22 bits per heavy atom. The summed E-state index contributed by atoms with van der Waals surface area (Å²) in [5.74, 6) is -3.24. The monoisotopic (exact) mass is 1250 g/mol. The van der Waals surface area contributed by atoms with Gasteiger partial charge in [0.1, 0.15) is 30.6 Å². The van der Waals surface area contributed by atoms with Crippen LogP contribution in [0.25, 0.3) is 21.9 Å². The Labute approximate surface area is 519 Å². The number of imide groups is 1. The van der Waals surface area contributed by atoms with Crippen molar-refractivity contribution in [2.24, 2.45) is 11.7 Å². The lowest BCUT2D eigenvalue weighted by molar-refractivity contribution is -0.137. The molecule has 5 aromatic rings. The van der Waals surface area contributed by atoms with Crippen LogP contribution in [-0.2, 0) is 40.1 Å². The summed E-state index contributed by atoms with van der Waals surface area (Å²) in [4.78, 5) is 140. The van der Waals surface area contributed by atoms with Crippen LogP contribution in [-0.4, -0.2) is 196 Å². The van der Waals surface area contributed by atoms with Crippen molar-refractivity contribution >= 4 is 104 Å². The molecule has 0 fully saturated rings. The first-order valence-corrected chi connectivity index (χ1v) is 29.6. The molecule has 0 radical (unpaired) electrons. The Morgan fingerprint density at radius 1 is 0.854 bits per heavy atom. The molecule has 3 atom stereocenters. The van der Waals surface area contributed by atoms with Gasteiger partial charge in [-0.3, -0.25) is 33.7 Å². The molecule has 2 aliphatic rings. The number of carbonyl (C=O) groups excluding carboxylic acids is 10. The molecule has 89 heavy (non-hydrogen) atoms. The number of carbonyl (C=O) groups is 10. The molecule has 2 aromatic heterocycles. The van der Waals surface area contributed by atoms with Crippen LogP contribution >= 0.6 is 11.6 Å². The van der Waals surface area contributed by atoms with Crippen LogP contribution in [0.4, 0.5) is 25.8 Å². The van der Waals surface area contributed by atoms with E-state index in [9.17, 15) is 47.9 Å². The molecule has 27 nitrogen and oxygen atoms in total. The molecule has 28 heteroatoms. The number of aryl methyl sites for hydroxylation is 1. The van der Waals surface area contributed by atoms with Gasteiger partial charge in [0.15, 0.2) is 11.5 Å². The van der Waals surface area contributed by atoms with E-state index in [1.165, 1.54) is 48.1 Å². The second-order valence-corrected chi connectivity index (χ2v) is 22.4. The summed E-state index contributed by atoms with van der Waals surface area (Å²) in [5.41, 5.74) is 8.49. The topological polar surface area (TPSA) is 339 Å². The maximum atomic E-state index is 14.5. The number of hydrogen-bond acceptors (Lipinski definition) is 17. The van der Waals surface area contributed by atoms with Crippen molar-refractivity contribution in [2.75, 3.05) is 110 Å². The molecule has 4 heterocycles. The van der Waals surface area contributed by atoms with Crippen molar-refractivity contribution in [1.29, 1.82) is 0 Å². The first-order chi connectivity index (χ1) is 42.5. The summed E-state index contributed by atoms with van der Waals surface area (Å²) >= 11 is 6.59. The van der Waals surface area contributed by atoms with E-state index < -0.39 is 71.7 Å². The summed E-state index contributed by atoms with van der Waals surface area (Å²) in [6.07, 6.45) is 1.63. The number of hydrogen-bond donors (Lipinski definition) is 7. The average Bonchev–Trinajstić information content (AvgIpc) is 1.59. The lowest BCUT2D eigenvalue weighted by Crippen LogP contribution is -2.54. The zero-order valence-corrected chi connectivity index (χ0v) is 51.8. The number of halogens is 1. The Hall–Kier alpha value is -9.21. The van der Waals surface area contributed by atoms with Crippen LogP contribution in [0.1, 0.15) is 83.2 Å². The molecule has 0 aliphatic carbocycles. The molecule has 2 aliphatic heterocycles. The predicted molar refractivity (Wildman–Crippen MR) is 330 cm³/mol. The molecule has 0 saturated carbocycles. The molecule has 10 amide bonds. The van der Waals surface area contributed by atoms with Crippen molar-refractivity contribution in [3.63, 3.8) is 0 Å². The van der Waals surface area contributed by atoms with Gasteiger partial charge in [-0.25, -0.2) is 19.2 Å². The molecule has 478 valence electrons. The van der Waals surface area contributed by atoms with Gasteiger partial charge >= 0.3 is 24.2 Å². The van der Waals surface area contributed by atoms with E-state index in [4.69, 9.17) is 40.7 Å². The van der Waals surface area contributed by atoms with Crippen molar-refractivity contribution in [3.05, 3.63) is 94.9 Å². The van der Waals surface area contributed by atoms with Crippen LogP contribution in [0, 0.1) is 12.8 Å². The number of nitrogens with one attached hydrogen (secondary N) is 6. The number of benzene rings is 3. The molecule has 0 spiro atoms. The highest BCUT2D eigenvalue weighted by Crippen LogP contribution is 2.48. The molecule has 0 saturated heterocycles. The number of fused-ring (bicyclic) bond motifs is 4. The van der Waals surface area contributed by atoms with Gasteiger partial charge in [-0.2, -0.15) is 0 Å². The predicted octanol–water partition coefficient (Wildman–Crippen LogP) is 4.94. The van der Waals surface area contributed by atoms with Gasteiger partial charge < -0.3 is 80.3 Å². The number of furan rings is 1. The third-order valence-electron chi connectivity index (χ3n) is 14.9. The van der Waals surface area contributed by atoms with Crippen molar-refractivity contribution in [2.45, 2.75) is 71.1 Å². The summed E-state index contributed by atoms with van der Waals surface area (Å²) in [5, 5.41) is 15.0. The van der Waals surface area contributed by atoms with Gasteiger partial charge in [0.2, 0.25) is 17.7 Å². The zero-order chi connectivity index (χ0) is 64.6. The Morgan fingerprint density at radius 2 is 1.56 bits per heavy atom. The number of amides is 10. The molecule has 1 unspecified atom stereocenters. The Kier molecular flexibility index (Phi) is 23.5.